The molecule has 0 bridgehead atoms. The van der Waals surface area contributed by atoms with Crippen LogP contribution < -0.4 is 5.32 Å². The molecule has 1 aliphatic rings. The van der Waals surface area contributed by atoms with Crippen molar-refractivity contribution in [2.45, 2.75) is 57.9 Å². The first-order valence-electron chi connectivity index (χ1n) is 9.41. The van der Waals surface area contributed by atoms with Crippen molar-refractivity contribution in [3.63, 3.8) is 0 Å². The minimum atomic E-state index is 0.120. The van der Waals surface area contributed by atoms with Gasteiger partial charge >= 0.3 is 0 Å². The average Bonchev–Trinajstić information content (AvgIpc) is 3.31. The van der Waals surface area contributed by atoms with E-state index in [9.17, 15) is 4.79 Å². The fourth-order valence-corrected chi connectivity index (χ4v) is 3.43. The molecule has 2 aromatic rings. The predicted molar refractivity (Wildman–Crippen MR) is 96.7 cm³/mol. The summed E-state index contributed by atoms with van der Waals surface area (Å²) < 4.78 is 0. The van der Waals surface area contributed by atoms with E-state index in [0.717, 1.165) is 30.9 Å². The molecule has 0 saturated heterocycles. The number of nitrogens with zero attached hydrogens (tertiary/aromatic N) is 4. The van der Waals surface area contributed by atoms with Crippen molar-refractivity contribution in [3.8, 4) is 11.4 Å². The van der Waals surface area contributed by atoms with E-state index in [-0.39, 0.29) is 5.91 Å². The van der Waals surface area contributed by atoms with E-state index in [0.29, 0.717) is 18.8 Å². The Morgan fingerprint density at radius 3 is 2.76 bits per heavy atom. The maximum absolute atomic E-state index is 11.9. The number of amides is 1. The highest BCUT2D eigenvalue weighted by Gasteiger charge is 2.14. The van der Waals surface area contributed by atoms with Crippen molar-refractivity contribution in [2.75, 3.05) is 6.54 Å². The van der Waals surface area contributed by atoms with Gasteiger partial charge in [-0.1, -0.05) is 56.0 Å². The van der Waals surface area contributed by atoms with Crippen molar-refractivity contribution < 1.29 is 4.79 Å². The molecule has 1 aromatic heterocycles. The van der Waals surface area contributed by atoms with Crippen LogP contribution in [0.2, 0.25) is 0 Å². The largest absolute Gasteiger partial charge is 0.356 e. The Bertz CT molecular complexity index is 649. The van der Waals surface area contributed by atoms with E-state index in [4.69, 9.17) is 0 Å². The van der Waals surface area contributed by atoms with E-state index in [2.05, 4.69) is 20.7 Å². The minimum absolute atomic E-state index is 0.120. The van der Waals surface area contributed by atoms with Gasteiger partial charge in [0, 0.05) is 18.5 Å². The van der Waals surface area contributed by atoms with E-state index < -0.39 is 0 Å². The van der Waals surface area contributed by atoms with Gasteiger partial charge in [-0.05, 0) is 30.4 Å². The van der Waals surface area contributed by atoms with Crippen molar-refractivity contribution in [1.29, 1.82) is 0 Å². The number of nitrogens with one attached hydrogen (secondary N) is 1. The summed E-state index contributed by atoms with van der Waals surface area (Å²) in [5.41, 5.74) is 0.953. The lowest BCUT2D eigenvalue weighted by Crippen LogP contribution is -2.24. The molecule has 1 N–H and O–H groups in total. The van der Waals surface area contributed by atoms with Crippen molar-refractivity contribution in [2.24, 2.45) is 5.92 Å². The first-order valence-corrected chi connectivity index (χ1v) is 9.41. The molecule has 0 unspecified atom stereocenters. The molecule has 6 heteroatoms. The second-order valence-electron chi connectivity index (χ2n) is 6.82. The molecule has 0 radical (unpaired) electrons. The summed E-state index contributed by atoms with van der Waals surface area (Å²) in [7, 11) is 0. The van der Waals surface area contributed by atoms with Gasteiger partial charge in [-0.25, -0.2) is 0 Å². The first kappa shape index (κ1) is 17.6. The number of rotatable bonds is 9. The lowest BCUT2D eigenvalue weighted by Gasteiger charge is -2.09. The number of benzene rings is 1. The molecule has 1 amide bonds. The molecule has 0 atom stereocenters. The fourth-order valence-electron chi connectivity index (χ4n) is 3.43. The van der Waals surface area contributed by atoms with Crippen LogP contribution in [-0.2, 0) is 11.3 Å². The van der Waals surface area contributed by atoms with Gasteiger partial charge in [0.25, 0.3) is 0 Å². The van der Waals surface area contributed by atoms with Gasteiger partial charge in [0.1, 0.15) is 0 Å². The third kappa shape index (κ3) is 5.66. The standard InChI is InChI=1S/C19H27N5O/c25-18(20-14-6-10-16-8-4-5-9-16)13-7-15-24-22-19(21-23-24)17-11-2-1-3-12-17/h1-3,11-12,16H,4-10,13-15H2,(H,20,25). The number of hydrogen-bond donors (Lipinski definition) is 1. The van der Waals surface area contributed by atoms with Crippen LogP contribution in [-0.4, -0.2) is 32.7 Å². The maximum Gasteiger partial charge on any atom is 0.220 e. The third-order valence-electron chi connectivity index (χ3n) is 4.83. The Labute approximate surface area is 149 Å². The summed E-state index contributed by atoms with van der Waals surface area (Å²) in [4.78, 5) is 13.4. The van der Waals surface area contributed by atoms with E-state index >= 15 is 0 Å². The highest BCUT2D eigenvalue weighted by atomic mass is 16.1. The monoisotopic (exact) mass is 341 g/mol. The van der Waals surface area contributed by atoms with Crippen LogP contribution in [0.5, 0.6) is 0 Å². The smallest absolute Gasteiger partial charge is 0.220 e. The first-order chi connectivity index (χ1) is 12.3. The molecule has 134 valence electrons. The highest BCUT2D eigenvalue weighted by molar-refractivity contribution is 5.75. The third-order valence-corrected chi connectivity index (χ3v) is 4.83. The van der Waals surface area contributed by atoms with E-state index in [1.165, 1.54) is 32.1 Å². The SMILES string of the molecule is O=C(CCCn1nnc(-c2ccccc2)n1)NCCCC1CCCC1. The summed E-state index contributed by atoms with van der Waals surface area (Å²) in [6, 6.07) is 9.78. The molecular formula is C19H27N5O. The second-order valence-corrected chi connectivity index (χ2v) is 6.82. The van der Waals surface area contributed by atoms with Gasteiger partial charge in [0.05, 0.1) is 6.54 Å². The number of hydrogen-bond acceptors (Lipinski definition) is 4. The topological polar surface area (TPSA) is 72.7 Å². The number of aryl methyl sites for hydroxylation is 1. The van der Waals surface area contributed by atoms with Crippen LogP contribution in [0.4, 0.5) is 0 Å². The molecule has 6 nitrogen and oxygen atoms in total. The van der Waals surface area contributed by atoms with Gasteiger partial charge < -0.3 is 5.32 Å². The fraction of sp³-hybridized carbons (Fsp3) is 0.579. The minimum Gasteiger partial charge on any atom is -0.356 e. The second kappa shape index (κ2) is 9.30. The molecule has 0 aliphatic heterocycles. The Hall–Kier alpha value is -2.24. The zero-order chi connectivity index (χ0) is 17.3. The normalized spacial score (nSPS) is 14.7. The molecule has 1 fully saturated rings. The molecule has 3 rings (SSSR count). The zero-order valence-corrected chi connectivity index (χ0v) is 14.7. The molecule has 1 heterocycles. The molecule has 1 aliphatic carbocycles. The molecule has 1 saturated carbocycles. The van der Waals surface area contributed by atoms with Crippen LogP contribution in [0.25, 0.3) is 11.4 Å². The summed E-state index contributed by atoms with van der Waals surface area (Å²) in [6.07, 6.45) is 9.11. The molecule has 1 aromatic carbocycles. The maximum atomic E-state index is 11.9. The highest BCUT2D eigenvalue weighted by Crippen LogP contribution is 2.28. The number of tetrazole rings is 1. The Balaban J connectivity index is 1.30. The predicted octanol–water partition coefficient (Wildman–Crippen LogP) is 3.21. The summed E-state index contributed by atoms with van der Waals surface area (Å²) >= 11 is 0. The number of carbonyl (C=O) groups is 1. The van der Waals surface area contributed by atoms with Crippen molar-refractivity contribution in [3.05, 3.63) is 30.3 Å². The van der Waals surface area contributed by atoms with Gasteiger partial charge in [-0.3, -0.25) is 4.79 Å². The average molecular weight is 341 g/mol. The van der Waals surface area contributed by atoms with Crippen LogP contribution in [0.1, 0.15) is 51.4 Å². The van der Waals surface area contributed by atoms with Crippen LogP contribution in [0.15, 0.2) is 30.3 Å². The summed E-state index contributed by atoms with van der Waals surface area (Å²) in [5.74, 6) is 1.64. The van der Waals surface area contributed by atoms with E-state index in [1.54, 1.807) is 4.80 Å². The Kier molecular flexibility index (Phi) is 6.54. The summed E-state index contributed by atoms with van der Waals surface area (Å²) in [5, 5.41) is 15.5. The lowest BCUT2D eigenvalue weighted by molar-refractivity contribution is -0.121. The molecular weight excluding hydrogens is 314 g/mol. The van der Waals surface area contributed by atoms with Crippen LogP contribution in [0, 0.1) is 5.92 Å². The lowest BCUT2D eigenvalue weighted by atomic mass is 10.0. The quantitative estimate of drug-likeness (QED) is 0.711. The number of carbonyl (C=O) groups excluding carboxylic acids is 1. The Morgan fingerprint density at radius 2 is 1.96 bits per heavy atom. The van der Waals surface area contributed by atoms with Gasteiger partial charge in [0.2, 0.25) is 11.7 Å². The van der Waals surface area contributed by atoms with Gasteiger partial charge in [-0.15, -0.1) is 10.2 Å². The van der Waals surface area contributed by atoms with Crippen molar-refractivity contribution in [1.82, 2.24) is 25.5 Å². The number of aromatic nitrogens is 4. The van der Waals surface area contributed by atoms with Gasteiger partial charge in [0.15, 0.2) is 0 Å². The summed E-state index contributed by atoms with van der Waals surface area (Å²) in [6.45, 7) is 1.41. The van der Waals surface area contributed by atoms with Crippen LogP contribution >= 0.6 is 0 Å². The van der Waals surface area contributed by atoms with Gasteiger partial charge in [-0.2, -0.15) is 4.80 Å². The van der Waals surface area contributed by atoms with E-state index in [1.807, 2.05) is 30.3 Å². The molecule has 25 heavy (non-hydrogen) atoms. The Morgan fingerprint density at radius 1 is 1.16 bits per heavy atom. The van der Waals surface area contributed by atoms with Crippen molar-refractivity contribution >= 4 is 5.91 Å². The zero-order valence-electron chi connectivity index (χ0n) is 14.7. The van der Waals surface area contributed by atoms with Crippen LogP contribution in [0.3, 0.4) is 0 Å². The molecule has 0 spiro atoms.